The molecule has 1 N–H and O–H groups in total. The van der Waals surface area contributed by atoms with E-state index in [4.69, 9.17) is 16.3 Å². The highest BCUT2D eigenvalue weighted by atomic mass is 35.5. The summed E-state index contributed by atoms with van der Waals surface area (Å²) in [6.07, 6.45) is 0.679. The first-order valence-corrected chi connectivity index (χ1v) is 9.04. The van der Waals surface area contributed by atoms with Crippen LogP contribution in [0, 0.1) is 13.8 Å². The smallest absolute Gasteiger partial charge is 0.328 e. The van der Waals surface area contributed by atoms with E-state index in [9.17, 15) is 14.7 Å². The van der Waals surface area contributed by atoms with Crippen molar-refractivity contribution in [3.8, 4) is 5.75 Å². The van der Waals surface area contributed by atoms with Gasteiger partial charge in [0.15, 0.2) is 5.82 Å². The SMILES string of the molecule is Cc1cc(OCCCC(=O)N2Cc3nnc(C)n3CC2C(=O)O)ccc1Cl. The highest BCUT2D eigenvalue weighted by molar-refractivity contribution is 6.31. The molecule has 1 unspecified atom stereocenters. The Labute approximate surface area is 161 Å². The number of aromatic nitrogens is 3. The molecule has 1 aliphatic rings. The largest absolute Gasteiger partial charge is 0.494 e. The van der Waals surface area contributed by atoms with E-state index < -0.39 is 12.0 Å². The molecule has 144 valence electrons. The van der Waals surface area contributed by atoms with Crippen molar-refractivity contribution in [3.63, 3.8) is 0 Å². The average Bonchev–Trinajstić information content (AvgIpc) is 3.00. The van der Waals surface area contributed by atoms with Crippen molar-refractivity contribution in [1.29, 1.82) is 0 Å². The van der Waals surface area contributed by atoms with E-state index in [1.165, 1.54) is 4.90 Å². The van der Waals surface area contributed by atoms with Crippen molar-refractivity contribution in [2.24, 2.45) is 0 Å². The van der Waals surface area contributed by atoms with Gasteiger partial charge in [-0.3, -0.25) is 4.79 Å². The molecule has 1 aliphatic heterocycles. The van der Waals surface area contributed by atoms with Gasteiger partial charge >= 0.3 is 5.97 Å². The van der Waals surface area contributed by atoms with Crippen molar-refractivity contribution < 1.29 is 19.4 Å². The number of benzene rings is 1. The summed E-state index contributed by atoms with van der Waals surface area (Å²) in [6, 6.07) is 4.46. The minimum absolute atomic E-state index is 0.147. The van der Waals surface area contributed by atoms with Gasteiger partial charge in [0.25, 0.3) is 0 Å². The van der Waals surface area contributed by atoms with Gasteiger partial charge in [-0.05, 0) is 44.0 Å². The number of amides is 1. The highest BCUT2D eigenvalue weighted by Crippen LogP contribution is 2.22. The van der Waals surface area contributed by atoms with Gasteiger partial charge in [0.2, 0.25) is 5.91 Å². The standard InChI is InChI=1S/C18H21ClN4O4/c1-11-8-13(5-6-14(11)19)27-7-3-4-17(24)23-10-16-21-20-12(2)22(16)9-15(23)18(25)26/h5-6,8,15H,3-4,7,9-10H2,1-2H3,(H,25,26). The molecule has 0 saturated carbocycles. The quantitative estimate of drug-likeness (QED) is 0.757. The van der Waals surface area contributed by atoms with Crippen LogP contribution >= 0.6 is 11.6 Å². The molecule has 0 saturated heterocycles. The fourth-order valence-electron chi connectivity index (χ4n) is 3.05. The first kappa shape index (κ1) is 19.2. The van der Waals surface area contributed by atoms with Crippen molar-refractivity contribution in [1.82, 2.24) is 19.7 Å². The maximum atomic E-state index is 12.6. The molecule has 2 aromatic rings. The lowest BCUT2D eigenvalue weighted by Crippen LogP contribution is -2.50. The van der Waals surface area contributed by atoms with Gasteiger partial charge in [0, 0.05) is 11.4 Å². The summed E-state index contributed by atoms with van der Waals surface area (Å²) in [6.45, 7) is 4.32. The van der Waals surface area contributed by atoms with E-state index in [1.807, 2.05) is 13.0 Å². The van der Waals surface area contributed by atoms with Crippen LogP contribution < -0.4 is 4.74 Å². The molecule has 1 amide bonds. The number of fused-ring (bicyclic) bond motifs is 1. The number of aliphatic carboxylic acids is 1. The van der Waals surface area contributed by atoms with Crippen LogP contribution in [0.25, 0.3) is 0 Å². The first-order valence-electron chi connectivity index (χ1n) is 8.66. The number of aryl methyl sites for hydroxylation is 2. The van der Waals surface area contributed by atoms with E-state index in [-0.39, 0.29) is 25.4 Å². The van der Waals surface area contributed by atoms with E-state index in [0.29, 0.717) is 35.4 Å². The molecule has 0 fully saturated rings. The van der Waals surface area contributed by atoms with Crippen LogP contribution in [0.1, 0.15) is 30.1 Å². The normalized spacial score (nSPS) is 16.1. The summed E-state index contributed by atoms with van der Waals surface area (Å²) >= 11 is 5.98. The number of carbonyl (C=O) groups excluding carboxylic acids is 1. The summed E-state index contributed by atoms with van der Waals surface area (Å²) in [5.41, 5.74) is 0.919. The van der Waals surface area contributed by atoms with Crippen LogP contribution in [0.4, 0.5) is 0 Å². The van der Waals surface area contributed by atoms with Crippen LogP contribution in [0.15, 0.2) is 18.2 Å². The predicted molar refractivity (Wildman–Crippen MR) is 97.7 cm³/mol. The van der Waals surface area contributed by atoms with Crippen molar-refractivity contribution in [2.75, 3.05) is 6.61 Å². The number of rotatable bonds is 6. The molecule has 9 heteroatoms. The summed E-state index contributed by atoms with van der Waals surface area (Å²) in [4.78, 5) is 25.5. The Balaban J connectivity index is 1.56. The Kier molecular flexibility index (Phi) is 5.65. The zero-order valence-electron chi connectivity index (χ0n) is 15.2. The van der Waals surface area contributed by atoms with Gasteiger partial charge in [0.05, 0.1) is 19.7 Å². The molecule has 1 aromatic heterocycles. The summed E-state index contributed by atoms with van der Waals surface area (Å²) in [7, 11) is 0. The number of carboxylic acid groups (broad SMARTS) is 1. The summed E-state index contributed by atoms with van der Waals surface area (Å²) in [5, 5.41) is 18.2. The Morgan fingerprint density at radius 1 is 1.33 bits per heavy atom. The summed E-state index contributed by atoms with van der Waals surface area (Å²) in [5.74, 6) is 0.677. The Morgan fingerprint density at radius 2 is 2.11 bits per heavy atom. The minimum atomic E-state index is -1.03. The summed E-state index contributed by atoms with van der Waals surface area (Å²) < 4.78 is 7.39. The molecule has 0 aliphatic carbocycles. The molecule has 2 heterocycles. The van der Waals surface area contributed by atoms with Crippen molar-refractivity contribution in [3.05, 3.63) is 40.4 Å². The lowest BCUT2D eigenvalue weighted by Gasteiger charge is -2.33. The van der Waals surface area contributed by atoms with Crippen molar-refractivity contribution >= 4 is 23.5 Å². The maximum absolute atomic E-state index is 12.6. The molecular formula is C18H21ClN4O4. The zero-order chi connectivity index (χ0) is 19.6. The molecule has 3 rings (SSSR count). The second-order valence-corrected chi connectivity index (χ2v) is 6.92. The van der Waals surface area contributed by atoms with E-state index in [0.717, 1.165) is 5.56 Å². The second kappa shape index (κ2) is 7.96. The van der Waals surface area contributed by atoms with E-state index in [2.05, 4.69) is 10.2 Å². The number of hydrogen-bond acceptors (Lipinski definition) is 5. The van der Waals surface area contributed by atoms with Gasteiger partial charge in [-0.15, -0.1) is 10.2 Å². The van der Waals surface area contributed by atoms with E-state index >= 15 is 0 Å². The predicted octanol–water partition coefficient (Wildman–Crippen LogP) is 2.20. The lowest BCUT2D eigenvalue weighted by molar-refractivity contribution is -0.152. The fraction of sp³-hybridized carbons (Fsp3) is 0.444. The minimum Gasteiger partial charge on any atom is -0.494 e. The Hall–Kier alpha value is -2.61. The van der Waals surface area contributed by atoms with Crippen LogP contribution in [0.5, 0.6) is 5.75 Å². The second-order valence-electron chi connectivity index (χ2n) is 6.51. The maximum Gasteiger partial charge on any atom is 0.328 e. The number of halogens is 1. The van der Waals surface area contributed by atoms with Gasteiger partial charge in [0.1, 0.15) is 17.6 Å². The van der Waals surface area contributed by atoms with Gasteiger partial charge in [-0.2, -0.15) is 0 Å². The third-order valence-electron chi connectivity index (χ3n) is 4.59. The monoisotopic (exact) mass is 392 g/mol. The number of carbonyl (C=O) groups is 2. The number of ether oxygens (including phenoxy) is 1. The third-order valence-corrected chi connectivity index (χ3v) is 5.02. The Bertz CT molecular complexity index is 867. The molecule has 0 radical (unpaired) electrons. The van der Waals surface area contributed by atoms with Gasteiger partial charge in [-0.1, -0.05) is 11.6 Å². The molecule has 0 bridgehead atoms. The highest BCUT2D eigenvalue weighted by Gasteiger charge is 2.35. The molecule has 1 aromatic carbocycles. The van der Waals surface area contributed by atoms with Crippen molar-refractivity contribution in [2.45, 2.75) is 45.8 Å². The van der Waals surface area contributed by atoms with E-state index in [1.54, 1.807) is 23.6 Å². The average molecular weight is 393 g/mol. The molecular weight excluding hydrogens is 372 g/mol. The number of carboxylic acids is 1. The molecule has 8 nitrogen and oxygen atoms in total. The van der Waals surface area contributed by atoms with Crippen LogP contribution in [-0.2, 0) is 22.7 Å². The topological polar surface area (TPSA) is 97.5 Å². The zero-order valence-corrected chi connectivity index (χ0v) is 15.9. The van der Waals surface area contributed by atoms with Crippen LogP contribution in [-0.4, -0.2) is 49.3 Å². The number of hydrogen-bond donors (Lipinski definition) is 1. The van der Waals surface area contributed by atoms with Gasteiger partial charge < -0.3 is 19.3 Å². The number of nitrogens with zero attached hydrogens (tertiary/aromatic N) is 4. The molecule has 27 heavy (non-hydrogen) atoms. The van der Waals surface area contributed by atoms with Gasteiger partial charge in [-0.25, -0.2) is 4.79 Å². The first-order chi connectivity index (χ1) is 12.9. The van der Waals surface area contributed by atoms with Crippen LogP contribution in [0.2, 0.25) is 5.02 Å². The lowest BCUT2D eigenvalue weighted by atomic mass is 10.1. The van der Waals surface area contributed by atoms with Crippen LogP contribution in [0.3, 0.4) is 0 Å². The molecule has 1 atom stereocenters. The Morgan fingerprint density at radius 3 is 2.81 bits per heavy atom. The third kappa shape index (κ3) is 4.21. The fourth-order valence-corrected chi connectivity index (χ4v) is 3.17. The molecule has 0 spiro atoms.